The average Bonchev–Trinajstić information content (AvgIpc) is 2.67. The van der Waals surface area contributed by atoms with E-state index in [1.807, 2.05) is 27.8 Å². The van der Waals surface area contributed by atoms with Crippen LogP contribution >= 0.6 is 15.9 Å². The zero-order chi connectivity index (χ0) is 14.6. The van der Waals surface area contributed by atoms with Crippen LogP contribution in [0.4, 0.5) is 0 Å². The van der Waals surface area contributed by atoms with Gasteiger partial charge in [-0.15, -0.1) is 0 Å². The first-order valence-corrected chi connectivity index (χ1v) is 7.66. The minimum absolute atomic E-state index is 0.0464. The monoisotopic (exact) mass is 330 g/mol. The van der Waals surface area contributed by atoms with Gasteiger partial charge < -0.3 is 5.11 Å². The van der Waals surface area contributed by atoms with Gasteiger partial charge in [-0.3, -0.25) is 9.48 Å². The van der Waals surface area contributed by atoms with Gasteiger partial charge in [-0.25, -0.2) is 0 Å². The number of hydrogen-bond acceptors (Lipinski definition) is 3. The van der Waals surface area contributed by atoms with Crippen molar-refractivity contribution in [2.75, 3.05) is 0 Å². The van der Waals surface area contributed by atoms with Crippen molar-refractivity contribution in [3.05, 3.63) is 15.9 Å². The number of aromatic nitrogens is 2. The molecule has 1 aromatic heterocycles. The Hall–Kier alpha value is -0.680. The van der Waals surface area contributed by atoms with Crippen molar-refractivity contribution in [2.24, 2.45) is 13.0 Å². The van der Waals surface area contributed by atoms with E-state index in [0.29, 0.717) is 0 Å². The number of aryl methyl sites for hydroxylation is 2. The smallest absolute Gasteiger partial charge is 0.167 e. The largest absolute Gasteiger partial charge is 0.385 e. The Bertz CT molecular complexity index is 439. The Balaban J connectivity index is 2.85. The summed E-state index contributed by atoms with van der Waals surface area (Å²) < 4.78 is 2.61. The number of Topliss-reactive ketones (excluding diaryl/α,β-unsaturated/α-hetero) is 1. The van der Waals surface area contributed by atoms with Crippen LogP contribution < -0.4 is 0 Å². The number of carbonyl (C=O) groups is 1. The summed E-state index contributed by atoms with van der Waals surface area (Å²) in [4.78, 5) is 12.2. The number of halogens is 1. The lowest BCUT2D eigenvalue weighted by Crippen LogP contribution is -2.30. The predicted octanol–water partition coefficient (Wildman–Crippen LogP) is 2.65. The van der Waals surface area contributed by atoms with E-state index < -0.39 is 6.10 Å². The van der Waals surface area contributed by atoms with Crippen LogP contribution in [0.3, 0.4) is 0 Å². The quantitative estimate of drug-likeness (QED) is 0.836. The molecular formula is C14H23BrN2O2. The van der Waals surface area contributed by atoms with Crippen LogP contribution in [0.15, 0.2) is 4.47 Å². The second-order valence-corrected chi connectivity index (χ2v) is 5.64. The van der Waals surface area contributed by atoms with E-state index in [9.17, 15) is 9.90 Å². The lowest BCUT2D eigenvalue weighted by atomic mass is 9.92. The van der Waals surface area contributed by atoms with Crippen molar-refractivity contribution >= 4 is 21.7 Å². The van der Waals surface area contributed by atoms with Gasteiger partial charge in [-0.1, -0.05) is 33.6 Å². The molecular weight excluding hydrogens is 308 g/mol. The maximum absolute atomic E-state index is 12.2. The first-order chi connectivity index (χ1) is 8.96. The molecule has 0 saturated heterocycles. The number of nitrogens with zero attached hydrogens (tertiary/aromatic N) is 2. The van der Waals surface area contributed by atoms with Gasteiger partial charge in [0.1, 0.15) is 6.10 Å². The molecule has 0 amide bonds. The van der Waals surface area contributed by atoms with E-state index in [0.717, 1.165) is 35.1 Å². The molecule has 1 aromatic rings. The molecule has 1 atom stereocenters. The summed E-state index contributed by atoms with van der Waals surface area (Å²) in [5, 5.41) is 14.5. The Labute approximate surface area is 123 Å². The summed E-state index contributed by atoms with van der Waals surface area (Å²) >= 11 is 3.49. The van der Waals surface area contributed by atoms with Gasteiger partial charge in [0.15, 0.2) is 5.78 Å². The van der Waals surface area contributed by atoms with Crippen molar-refractivity contribution in [2.45, 2.75) is 52.6 Å². The molecule has 1 rings (SSSR count). The topological polar surface area (TPSA) is 55.1 Å². The number of hydrogen-bond donors (Lipinski definition) is 1. The molecule has 0 spiro atoms. The average molecular weight is 331 g/mol. The molecule has 0 bridgehead atoms. The molecule has 0 radical (unpaired) electrons. The maximum atomic E-state index is 12.2. The fourth-order valence-corrected chi connectivity index (χ4v) is 3.04. The molecule has 108 valence electrons. The molecule has 0 aliphatic heterocycles. The fourth-order valence-electron chi connectivity index (χ4n) is 2.28. The summed E-state index contributed by atoms with van der Waals surface area (Å²) in [7, 11) is 1.83. The van der Waals surface area contributed by atoms with Crippen LogP contribution in [0.1, 0.15) is 45.0 Å². The number of aliphatic hydroxyl groups is 1. The summed E-state index contributed by atoms with van der Waals surface area (Å²) in [5.41, 5.74) is 1.79. The van der Waals surface area contributed by atoms with Crippen LogP contribution in [0, 0.1) is 5.92 Å². The standard InChI is InChI=1S/C14H23BrN2O2/c1-5-9(6-2)14(19)12(18)8-11-13(15)10(7-3)16-17(11)4/h9,14,19H,5-8H2,1-4H3. The van der Waals surface area contributed by atoms with E-state index in [1.54, 1.807) is 4.68 Å². The van der Waals surface area contributed by atoms with Crippen molar-refractivity contribution in [1.82, 2.24) is 9.78 Å². The lowest BCUT2D eigenvalue weighted by Gasteiger charge is -2.18. The molecule has 5 heteroatoms. The number of rotatable bonds is 7. The number of ketones is 1. The lowest BCUT2D eigenvalue weighted by molar-refractivity contribution is -0.129. The second-order valence-electron chi connectivity index (χ2n) is 4.85. The molecule has 1 unspecified atom stereocenters. The second kappa shape index (κ2) is 7.20. The fraction of sp³-hybridized carbons (Fsp3) is 0.714. The van der Waals surface area contributed by atoms with Crippen molar-refractivity contribution in [3.63, 3.8) is 0 Å². The van der Waals surface area contributed by atoms with Gasteiger partial charge in [-0.2, -0.15) is 5.10 Å². The highest BCUT2D eigenvalue weighted by atomic mass is 79.9. The summed E-state index contributed by atoms with van der Waals surface area (Å²) in [6.45, 7) is 6.03. The van der Waals surface area contributed by atoms with Crippen LogP contribution in [0.25, 0.3) is 0 Å². The molecule has 19 heavy (non-hydrogen) atoms. The Morgan fingerprint density at radius 3 is 2.37 bits per heavy atom. The van der Waals surface area contributed by atoms with Gasteiger partial charge >= 0.3 is 0 Å². The van der Waals surface area contributed by atoms with Crippen molar-refractivity contribution in [3.8, 4) is 0 Å². The van der Waals surface area contributed by atoms with Gasteiger partial charge in [0, 0.05) is 7.05 Å². The zero-order valence-corrected chi connectivity index (χ0v) is 13.7. The Morgan fingerprint density at radius 2 is 1.95 bits per heavy atom. The number of aliphatic hydroxyl groups excluding tert-OH is 1. The molecule has 4 nitrogen and oxygen atoms in total. The van der Waals surface area contributed by atoms with E-state index in [-0.39, 0.29) is 18.1 Å². The van der Waals surface area contributed by atoms with E-state index in [1.165, 1.54) is 0 Å². The number of carbonyl (C=O) groups excluding carboxylic acids is 1. The first-order valence-electron chi connectivity index (χ1n) is 6.87. The Kier molecular flexibility index (Phi) is 6.20. The first kappa shape index (κ1) is 16.4. The Morgan fingerprint density at radius 1 is 1.37 bits per heavy atom. The third-order valence-electron chi connectivity index (χ3n) is 3.67. The molecule has 1 N–H and O–H groups in total. The third kappa shape index (κ3) is 3.66. The van der Waals surface area contributed by atoms with Gasteiger partial charge in [0.05, 0.1) is 22.3 Å². The molecule has 1 heterocycles. The van der Waals surface area contributed by atoms with Crippen LogP contribution in [0.5, 0.6) is 0 Å². The normalized spacial score (nSPS) is 13.0. The molecule has 0 aromatic carbocycles. The molecule has 0 fully saturated rings. The highest BCUT2D eigenvalue weighted by molar-refractivity contribution is 9.10. The van der Waals surface area contributed by atoms with Gasteiger partial charge in [-0.05, 0) is 28.3 Å². The molecule has 0 aliphatic carbocycles. The van der Waals surface area contributed by atoms with Crippen molar-refractivity contribution in [1.29, 1.82) is 0 Å². The maximum Gasteiger partial charge on any atom is 0.167 e. The third-order valence-corrected chi connectivity index (χ3v) is 4.59. The summed E-state index contributed by atoms with van der Waals surface area (Å²) in [6.07, 6.45) is 1.80. The van der Waals surface area contributed by atoms with Gasteiger partial charge in [0.25, 0.3) is 0 Å². The van der Waals surface area contributed by atoms with Crippen LogP contribution in [0.2, 0.25) is 0 Å². The minimum atomic E-state index is -0.873. The van der Waals surface area contributed by atoms with Crippen molar-refractivity contribution < 1.29 is 9.90 Å². The highest BCUT2D eigenvalue weighted by Gasteiger charge is 2.25. The molecule has 0 saturated carbocycles. The summed E-state index contributed by atoms with van der Waals surface area (Å²) in [6, 6.07) is 0. The van der Waals surface area contributed by atoms with E-state index in [2.05, 4.69) is 21.0 Å². The zero-order valence-electron chi connectivity index (χ0n) is 12.1. The predicted molar refractivity (Wildman–Crippen MR) is 79.1 cm³/mol. The molecule has 0 aliphatic rings. The SMILES string of the molecule is CCc1nn(C)c(CC(=O)C(O)C(CC)CC)c1Br. The van der Waals surface area contributed by atoms with E-state index >= 15 is 0 Å². The van der Waals surface area contributed by atoms with Crippen LogP contribution in [-0.2, 0) is 24.7 Å². The van der Waals surface area contributed by atoms with Crippen LogP contribution in [-0.4, -0.2) is 26.8 Å². The van der Waals surface area contributed by atoms with E-state index in [4.69, 9.17) is 0 Å². The minimum Gasteiger partial charge on any atom is -0.385 e. The highest BCUT2D eigenvalue weighted by Crippen LogP contribution is 2.23. The summed E-state index contributed by atoms with van der Waals surface area (Å²) in [5.74, 6) is -0.0785. The van der Waals surface area contributed by atoms with Gasteiger partial charge in [0.2, 0.25) is 0 Å².